The van der Waals surface area contributed by atoms with E-state index in [4.69, 9.17) is 17.3 Å². The summed E-state index contributed by atoms with van der Waals surface area (Å²) in [5, 5.41) is 0.775. The van der Waals surface area contributed by atoms with Gasteiger partial charge in [-0.25, -0.2) is 0 Å². The molecule has 0 atom stereocenters. The molecule has 2 aromatic rings. The lowest BCUT2D eigenvalue weighted by atomic mass is 10.1. The van der Waals surface area contributed by atoms with Crippen molar-refractivity contribution >= 4 is 23.4 Å². The fourth-order valence-corrected chi connectivity index (χ4v) is 3.07. The molecule has 0 aromatic heterocycles. The topological polar surface area (TPSA) is 26.0 Å². The molecular formula is C15H16ClNS. The summed E-state index contributed by atoms with van der Waals surface area (Å²) in [4.78, 5) is 2.39. The van der Waals surface area contributed by atoms with Crippen LogP contribution in [0.1, 0.15) is 11.1 Å². The van der Waals surface area contributed by atoms with E-state index in [2.05, 4.69) is 31.2 Å². The summed E-state index contributed by atoms with van der Waals surface area (Å²) in [6, 6.07) is 14.4. The first-order valence-electron chi connectivity index (χ1n) is 5.92. The second-order valence-electron chi connectivity index (χ2n) is 4.19. The van der Waals surface area contributed by atoms with Crippen LogP contribution in [0.4, 0.5) is 0 Å². The van der Waals surface area contributed by atoms with Gasteiger partial charge in [-0.1, -0.05) is 35.5 Å². The Bertz CT molecular complexity index is 540. The van der Waals surface area contributed by atoms with Crippen LogP contribution in [0.2, 0.25) is 5.02 Å². The lowest BCUT2D eigenvalue weighted by Crippen LogP contribution is -2.03. The predicted molar refractivity (Wildman–Crippen MR) is 79.5 cm³/mol. The van der Waals surface area contributed by atoms with E-state index in [0.717, 1.165) is 16.3 Å². The van der Waals surface area contributed by atoms with Crippen molar-refractivity contribution < 1.29 is 0 Å². The summed E-state index contributed by atoms with van der Waals surface area (Å²) in [7, 11) is 0. The van der Waals surface area contributed by atoms with Gasteiger partial charge < -0.3 is 5.73 Å². The Balaban J connectivity index is 2.17. The standard InChI is InChI=1S/C15H16ClNS/c1-11-9-15(6-5-12(11)7-8-17)18-14-4-2-3-13(16)10-14/h2-6,9-10H,7-8,17H2,1H3. The molecule has 0 radical (unpaired) electrons. The van der Waals surface area contributed by atoms with Gasteiger partial charge in [0.15, 0.2) is 0 Å². The number of benzene rings is 2. The molecule has 18 heavy (non-hydrogen) atoms. The predicted octanol–water partition coefficient (Wildman–Crippen LogP) is 4.30. The van der Waals surface area contributed by atoms with Crippen LogP contribution in [0.25, 0.3) is 0 Å². The highest BCUT2D eigenvalue weighted by Gasteiger charge is 2.02. The molecule has 3 heteroatoms. The van der Waals surface area contributed by atoms with Crippen LogP contribution < -0.4 is 5.73 Å². The van der Waals surface area contributed by atoms with E-state index in [1.807, 2.05) is 18.2 Å². The molecule has 0 saturated heterocycles. The van der Waals surface area contributed by atoms with E-state index < -0.39 is 0 Å². The van der Waals surface area contributed by atoms with Crippen LogP contribution in [0.5, 0.6) is 0 Å². The molecule has 0 unspecified atom stereocenters. The monoisotopic (exact) mass is 277 g/mol. The quantitative estimate of drug-likeness (QED) is 0.902. The lowest BCUT2D eigenvalue weighted by molar-refractivity contribution is 0.954. The third-order valence-corrected chi connectivity index (χ3v) is 3.97. The van der Waals surface area contributed by atoms with E-state index in [1.54, 1.807) is 11.8 Å². The Kier molecular flexibility index (Phi) is 4.70. The zero-order valence-corrected chi connectivity index (χ0v) is 11.9. The molecule has 0 aliphatic rings. The van der Waals surface area contributed by atoms with Crippen molar-refractivity contribution in [2.45, 2.75) is 23.1 Å². The molecule has 0 aliphatic heterocycles. The Labute approximate surface area is 117 Å². The van der Waals surface area contributed by atoms with Crippen molar-refractivity contribution in [3.63, 3.8) is 0 Å². The molecule has 2 N–H and O–H groups in total. The molecule has 0 amide bonds. The van der Waals surface area contributed by atoms with Crippen molar-refractivity contribution in [1.82, 2.24) is 0 Å². The fraction of sp³-hybridized carbons (Fsp3) is 0.200. The molecule has 0 spiro atoms. The van der Waals surface area contributed by atoms with Gasteiger partial charge in [-0.2, -0.15) is 0 Å². The molecular weight excluding hydrogens is 262 g/mol. The van der Waals surface area contributed by atoms with Gasteiger partial charge in [-0.05, 0) is 61.3 Å². The second-order valence-corrected chi connectivity index (χ2v) is 5.77. The van der Waals surface area contributed by atoms with Gasteiger partial charge in [-0.15, -0.1) is 0 Å². The zero-order valence-electron chi connectivity index (χ0n) is 10.3. The van der Waals surface area contributed by atoms with Crippen LogP contribution in [-0.4, -0.2) is 6.54 Å². The van der Waals surface area contributed by atoms with Gasteiger partial charge in [0.05, 0.1) is 0 Å². The summed E-state index contributed by atoms with van der Waals surface area (Å²) in [5.74, 6) is 0. The Morgan fingerprint density at radius 1 is 1.11 bits per heavy atom. The molecule has 2 aromatic carbocycles. The van der Waals surface area contributed by atoms with E-state index in [1.165, 1.54) is 16.0 Å². The first-order valence-corrected chi connectivity index (χ1v) is 7.11. The number of hydrogen-bond donors (Lipinski definition) is 1. The summed E-state index contributed by atoms with van der Waals surface area (Å²) in [6.45, 7) is 2.83. The molecule has 1 nitrogen and oxygen atoms in total. The fourth-order valence-electron chi connectivity index (χ4n) is 1.83. The first-order chi connectivity index (χ1) is 8.69. The van der Waals surface area contributed by atoms with E-state index in [0.29, 0.717) is 6.54 Å². The molecule has 94 valence electrons. The van der Waals surface area contributed by atoms with Crippen LogP contribution >= 0.6 is 23.4 Å². The number of hydrogen-bond acceptors (Lipinski definition) is 2. The molecule has 2 rings (SSSR count). The van der Waals surface area contributed by atoms with Crippen molar-refractivity contribution in [1.29, 1.82) is 0 Å². The number of nitrogens with two attached hydrogens (primary N) is 1. The second kappa shape index (κ2) is 6.28. The van der Waals surface area contributed by atoms with Gasteiger partial charge >= 0.3 is 0 Å². The van der Waals surface area contributed by atoms with E-state index in [-0.39, 0.29) is 0 Å². The summed E-state index contributed by atoms with van der Waals surface area (Å²) in [6.07, 6.45) is 0.938. The third kappa shape index (κ3) is 3.52. The molecule has 0 heterocycles. The Hall–Kier alpha value is -0.960. The third-order valence-electron chi connectivity index (χ3n) is 2.76. The number of rotatable bonds is 4. The summed E-state index contributed by atoms with van der Waals surface area (Å²) >= 11 is 7.71. The average molecular weight is 278 g/mol. The maximum Gasteiger partial charge on any atom is 0.0417 e. The maximum absolute atomic E-state index is 5.98. The maximum atomic E-state index is 5.98. The van der Waals surface area contributed by atoms with Gasteiger partial charge in [-0.3, -0.25) is 0 Å². The van der Waals surface area contributed by atoms with Crippen LogP contribution in [0, 0.1) is 6.92 Å². The first kappa shape index (κ1) is 13.5. The Morgan fingerprint density at radius 2 is 1.89 bits per heavy atom. The van der Waals surface area contributed by atoms with E-state index in [9.17, 15) is 0 Å². The molecule has 0 bridgehead atoms. The molecule has 0 saturated carbocycles. The van der Waals surface area contributed by atoms with Gasteiger partial charge in [0.1, 0.15) is 0 Å². The highest BCUT2D eigenvalue weighted by atomic mass is 35.5. The summed E-state index contributed by atoms with van der Waals surface area (Å²) < 4.78 is 0. The van der Waals surface area contributed by atoms with Crippen molar-refractivity contribution in [2.75, 3.05) is 6.54 Å². The van der Waals surface area contributed by atoms with Gasteiger partial charge in [0.2, 0.25) is 0 Å². The Morgan fingerprint density at radius 3 is 2.56 bits per heavy atom. The minimum Gasteiger partial charge on any atom is -0.330 e. The summed E-state index contributed by atoms with van der Waals surface area (Å²) in [5.41, 5.74) is 8.21. The normalized spacial score (nSPS) is 10.6. The number of halogens is 1. The average Bonchev–Trinajstić information content (AvgIpc) is 2.33. The van der Waals surface area contributed by atoms with Gasteiger partial charge in [0.25, 0.3) is 0 Å². The molecule has 0 aliphatic carbocycles. The molecule has 0 fully saturated rings. The lowest BCUT2D eigenvalue weighted by Gasteiger charge is -2.07. The highest BCUT2D eigenvalue weighted by molar-refractivity contribution is 7.99. The van der Waals surface area contributed by atoms with Crippen molar-refractivity contribution in [2.24, 2.45) is 5.73 Å². The van der Waals surface area contributed by atoms with Crippen molar-refractivity contribution in [3.8, 4) is 0 Å². The zero-order chi connectivity index (χ0) is 13.0. The number of aryl methyl sites for hydroxylation is 1. The van der Waals surface area contributed by atoms with E-state index >= 15 is 0 Å². The minimum atomic E-state index is 0.696. The van der Waals surface area contributed by atoms with Crippen LogP contribution in [-0.2, 0) is 6.42 Å². The SMILES string of the molecule is Cc1cc(Sc2cccc(Cl)c2)ccc1CCN. The van der Waals surface area contributed by atoms with Crippen LogP contribution in [0.15, 0.2) is 52.3 Å². The largest absolute Gasteiger partial charge is 0.330 e. The van der Waals surface area contributed by atoms with Crippen molar-refractivity contribution in [3.05, 3.63) is 58.6 Å². The van der Waals surface area contributed by atoms with Gasteiger partial charge in [0, 0.05) is 14.8 Å². The highest BCUT2D eigenvalue weighted by Crippen LogP contribution is 2.30. The minimum absolute atomic E-state index is 0.696. The van der Waals surface area contributed by atoms with Crippen LogP contribution in [0.3, 0.4) is 0 Å². The smallest absolute Gasteiger partial charge is 0.0417 e.